The maximum absolute atomic E-state index is 12.7. The smallest absolute Gasteiger partial charge is 0.338 e. The van der Waals surface area contributed by atoms with Gasteiger partial charge < -0.3 is 14.4 Å². The fraction of sp³-hybridized carbons (Fsp3) is 0.500. The molecule has 0 heterocycles. The first kappa shape index (κ1) is 20.9. The standard InChI is InChI=1S/C16H24N2O6S/c1-6-18(7-2)25(21,22)14-10-12(8-9-13(14)23-5)16(20)24-11-15(19)17(3)4/h8-10H,6-7,11H2,1-5H3. The van der Waals surface area contributed by atoms with E-state index in [2.05, 4.69) is 0 Å². The first-order valence-electron chi connectivity index (χ1n) is 7.74. The lowest BCUT2D eigenvalue weighted by Crippen LogP contribution is -2.31. The molecule has 25 heavy (non-hydrogen) atoms. The monoisotopic (exact) mass is 372 g/mol. The minimum absolute atomic E-state index is 0.0260. The van der Waals surface area contributed by atoms with E-state index in [1.54, 1.807) is 13.8 Å². The Labute approximate surface area is 148 Å². The van der Waals surface area contributed by atoms with Gasteiger partial charge >= 0.3 is 5.97 Å². The van der Waals surface area contributed by atoms with Crippen molar-refractivity contribution < 1.29 is 27.5 Å². The van der Waals surface area contributed by atoms with Crippen LogP contribution in [0.3, 0.4) is 0 Å². The molecule has 0 bridgehead atoms. The van der Waals surface area contributed by atoms with Crippen molar-refractivity contribution in [2.45, 2.75) is 18.7 Å². The third-order valence-corrected chi connectivity index (χ3v) is 5.62. The largest absolute Gasteiger partial charge is 0.495 e. The second kappa shape index (κ2) is 8.82. The molecule has 0 atom stereocenters. The maximum atomic E-state index is 12.7. The molecule has 0 aliphatic heterocycles. The molecule has 8 nitrogen and oxygen atoms in total. The molecule has 0 unspecified atom stereocenters. The molecule has 0 N–H and O–H groups in total. The zero-order chi connectivity index (χ0) is 19.2. The van der Waals surface area contributed by atoms with Crippen LogP contribution in [0.5, 0.6) is 5.75 Å². The number of hydrogen-bond donors (Lipinski definition) is 0. The molecule has 0 aliphatic rings. The van der Waals surface area contributed by atoms with Gasteiger partial charge in [0.05, 0.1) is 12.7 Å². The van der Waals surface area contributed by atoms with Gasteiger partial charge in [0, 0.05) is 27.2 Å². The Hall–Kier alpha value is -2.13. The van der Waals surface area contributed by atoms with Crippen molar-refractivity contribution in [2.75, 3.05) is 40.9 Å². The summed E-state index contributed by atoms with van der Waals surface area (Å²) in [6.45, 7) is 3.59. The lowest BCUT2D eigenvalue weighted by atomic mass is 10.2. The van der Waals surface area contributed by atoms with Gasteiger partial charge in [-0.25, -0.2) is 13.2 Å². The lowest BCUT2D eigenvalue weighted by molar-refractivity contribution is -0.131. The SMILES string of the molecule is CCN(CC)S(=O)(=O)c1cc(C(=O)OCC(=O)N(C)C)ccc1OC. The molecular formula is C16H24N2O6S. The van der Waals surface area contributed by atoms with Crippen molar-refractivity contribution >= 4 is 21.9 Å². The molecule has 0 aromatic heterocycles. The highest BCUT2D eigenvalue weighted by Gasteiger charge is 2.27. The number of rotatable bonds is 8. The van der Waals surface area contributed by atoms with Crippen molar-refractivity contribution in [1.82, 2.24) is 9.21 Å². The van der Waals surface area contributed by atoms with E-state index in [1.807, 2.05) is 0 Å². The zero-order valence-electron chi connectivity index (χ0n) is 15.1. The quantitative estimate of drug-likeness (QED) is 0.631. The summed E-state index contributed by atoms with van der Waals surface area (Å²) in [7, 11) is 0.612. The van der Waals surface area contributed by atoms with Gasteiger partial charge in [-0.15, -0.1) is 0 Å². The van der Waals surface area contributed by atoms with Crippen LogP contribution in [-0.2, 0) is 19.6 Å². The maximum Gasteiger partial charge on any atom is 0.338 e. The van der Waals surface area contributed by atoms with E-state index in [1.165, 1.54) is 48.6 Å². The Bertz CT molecular complexity index is 726. The summed E-state index contributed by atoms with van der Waals surface area (Å²) in [6.07, 6.45) is 0. The molecule has 0 fully saturated rings. The van der Waals surface area contributed by atoms with Crippen molar-refractivity contribution in [3.8, 4) is 5.75 Å². The number of esters is 1. The number of amides is 1. The number of carbonyl (C=O) groups excluding carboxylic acids is 2. The summed E-state index contributed by atoms with van der Waals surface area (Å²) in [5, 5.41) is 0. The molecule has 0 spiro atoms. The first-order valence-corrected chi connectivity index (χ1v) is 9.18. The third-order valence-electron chi connectivity index (χ3n) is 3.55. The fourth-order valence-electron chi connectivity index (χ4n) is 2.05. The summed E-state index contributed by atoms with van der Waals surface area (Å²) >= 11 is 0. The zero-order valence-corrected chi connectivity index (χ0v) is 15.9. The third kappa shape index (κ3) is 4.93. The highest BCUT2D eigenvalue weighted by molar-refractivity contribution is 7.89. The number of likely N-dealkylation sites (N-methyl/N-ethyl adjacent to an activating group) is 1. The molecule has 0 radical (unpaired) electrons. The minimum Gasteiger partial charge on any atom is -0.495 e. The molecule has 1 rings (SSSR count). The van der Waals surface area contributed by atoms with Gasteiger partial charge in [0.1, 0.15) is 10.6 Å². The minimum atomic E-state index is -3.82. The Morgan fingerprint density at radius 1 is 1.12 bits per heavy atom. The van der Waals surface area contributed by atoms with Crippen molar-refractivity contribution in [3.05, 3.63) is 23.8 Å². The first-order chi connectivity index (χ1) is 11.7. The molecule has 0 saturated heterocycles. The van der Waals surface area contributed by atoms with Crippen LogP contribution < -0.4 is 4.74 Å². The van der Waals surface area contributed by atoms with Crippen LogP contribution in [0.15, 0.2) is 23.1 Å². The molecular weight excluding hydrogens is 348 g/mol. The lowest BCUT2D eigenvalue weighted by Gasteiger charge is -2.20. The van der Waals surface area contributed by atoms with Crippen LogP contribution in [0.2, 0.25) is 0 Å². The topological polar surface area (TPSA) is 93.2 Å². The summed E-state index contributed by atoms with van der Waals surface area (Å²) in [4.78, 5) is 24.8. The number of ether oxygens (including phenoxy) is 2. The number of methoxy groups -OCH3 is 1. The van der Waals surface area contributed by atoms with E-state index in [0.717, 1.165) is 0 Å². The average molecular weight is 372 g/mol. The Kier molecular flexibility index (Phi) is 7.38. The van der Waals surface area contributed by atoms with E-state index < -0.39 is 22.6 Å². The van der Waals surface area contributed by atoms with Crippen LogP contribution >= 0.6 is 0 Å². The number of benzene rings is 1. The van der Waals surface area contributed by atoms with Gasteiger partial charge in [0.2, 0.25) is 10.0 Å². The summed E-state index contributed by atoms with van der Waals surface area (Å²) < 4.78 is 36.8. The second-order valence-electron chi connectivity index (χ2n) is 5.32. The molecule has 140 valence electrons. The Morgan fingerprint density at radius 3 is 2.20 bits per heavy atom. The normalized spacial score (nSPS) is 11.3. The van der Waals surface area contributed by atoms with E-state index in [-0.39, 0.29) is 35.2 Å². The molecule has 1 amide bonds. The van der Waals surface area contributed by atoms with Gasteiger partial charge in [-0.3, -0.25) is 4.79 Å². The van der Waals surface area contributed by atoms with E-state index in [4.69, 9.17) is 9.47 Å². The summed E-state index contributed by atoms with van der Waals surface area (Å²) in [6, 6.07) is 3.98. The Balaban J connectivity index is 3.18. The van der Waals surface area contributed by atoms with Gasteiger partial charge in [-0.1, -0.05) is 13.8 Å². The van der Waals surface area contributed by atoms with Gasteiger partial charge in [-0.2, -0.15) is 4.31 Å². The molecule has 1 aromatic carbocycles. The molecule has 0 saturated carbocycles. The van der Waals surface area contributed by atoms with Crippen LogP contribution in [0, 0.1) is 0 Å². The fourth-order valence-corrected chi connectivity index (χ4v) is 3.69. The number of nitrogens with zero attached hydrogens (tertiary/aromatic N) is 2. The van der Waals surface area contributed by atoms with Gasteiger partial charge in [0.25, 0.3) is 5.91 Å². The van der Waals surface area contributed by atoms with Crippen LogP contribution in [0.25, 0.3) is 0 Å². The number of carbonyl (C=O) groups is 2. The highest BCUT2D eigenvalue weighted by atomic mass is 32.2. The van der Waals surface area contributed by atoms with Crippen LogP contribution in [0.4, 0.5) is 0 Å². The van der Waals surface area contributed by atoms with Crippen LogP contribution in [-0.4, -0.2) is 70.4 Å². The highest BCUT2D eigenvalue weighted by Crippen LogP contribution is 2.28. The number of hydrogen-bond acceptors (Lipinski definition) is 6. The van der Waals surface area contributed by atoms with Crippen LogP contribution in [0.1, 0.15) is 24.2 Å². The van der Waals surface area contributed by atoms with Crippen molar-refractivity contribution in [3.63, 3.8) is 0 Å². The van der Waals surface area contributed by atoms with E-state index >= 15 is 0 Å². The Morgan fingerprint density at radius 2 is 1.72 bits per heavy atom. The summed E-state index contributed by atoms with van der Waals surface area (Å²) in [5.41, 5.74) is 0.0260. The van der Waals surface area contributed by atoms with Crippen molar-refractivity contribution in [1.29, 1.82) is 0 Å². The van der Waals surface area contributed by atoms with E-state index in [9.17, 15) is 18.0 Å². The molecule has 1 aromatic rings. The number of sulfonamides is 1. The molecule has 0 aliphatic carbocycles. The summed E-state index contributed by atoms with van der Waals surface area (Å²) in [5.74, 6) is -1.03. The molecule has 9 heteroatoms. The predicted octanol–water partition coefficient (Wildman–Crippen LogP) is 0.971. The average Bonchev–Trinajstić information content (AvgIpc) is 2.59. The van der Waals surface area contributed by atoms with E-state index in [0.29, 0.717) is 0 Å². The predicted molar refractivity (Wildman–Crippen MR) is 92.1 cm³/mol. The second-order valence-corrected chi connectivity index (χ2v) is 7.23. The van der Waals surface area contributed by atoms with Gasteiger partial charge in [0.15, 0.2) is 6.61 Å². The van der Waals surface area contributed by atoms with Gasteiger partial charge in [-0.05, 0) is 18.2 Å². The van der Waals surface area contributed by atoms with Crippen molar-refractivity contribution in [2.24, 2.45) is 0 Å².